The Hall–Kier alpha value is -5.72. The van der Waals surface area contributed by atoms with Crippen LogP contribution in [0.3, 0.4) is 0 Å². The summed E-state index contributed by atoms with van der Waals surface area (Å²) >= 11 is -4.78. The van der Waals surface area contributed by atoms with E-state index in [0.717, 1.165) is 12.1 Å². The number of aromatic amines is 2. The van der Waals surface area contributed by atoms with Gasteiger partial charge in [-0.15, -0.1) is 0 Å². The number of H-pyrrole nitrogens is 2. The van der Waals surface area contributed by atoms with Crippen LogP contribution in [-0.4, -0.2) is 83.3 Å². The van der Waals surface area contributed by atoms with Gasteiger partial charge in [0, 0.05) is 43.8 Å². The molecular weight excluding hydrogens is 785 g/mol. The Morgan fingerprint density at radius 3 is 1.15 bits per heavy atom. The van der Waals surface area contributed by atoms with Crippen molar-refractivity contribution in [2.75, 3.05) is 0 Å². The molecule has 3 aromatic heterocycles. The van der Waals surface area contributed by atoms with E-state index in [4.69, 9.17) is 19.9 Å². The van der Waals surface area contributed by atoms with Crippen molar-refractivity contribution in [3.63, 3.8) is 0 Å². The van der Waals surface area contributed by atoms with Crippen LogP contribution >= 0.6 is 0 Å². The Bertz CT molecular complexity index is 3090. The van der Waals surface area contributed by atoms with Crippen LogP contribution in [0.5, 0.6) is 0 Å². The molecule has 8 bridgehead atoms. The van der Waals surface area contributed by atoms with Gasteiger partial charge in [0.25, 0.3) is 20.2 Å². The molecule has 2 atom stereocenters. The fourth-order valence-electron chi connectivity index (χ4n) is 6.25. The maximum absolute atomic E-state index is 12.2. The van der Waals surface area contributed by atoms with E-state index in [0.29, 0.717) is 32.7 Å². The van der Waals surface area contributed by atoms with Gasteiger partial charge < -0.3 is 19.1 Å². The van der Waals surface area contributed by atoms with E-state index >= 15 is 0 Å². The maximum Gasteiger partial charge on any atom is 0.294 e. The highest BCUT2D eigenvalue weighted by Crippen LogP contribution is 2.39. The van der Waals surface area contributed by atoms with Gasteiger partial charge in [-0.05, 0) is 72.8 Å². The van der Waals surface area contributed by atoms with Crippen LogP contribution in [0, 0.1) is 0 Å². The first kappa shape index (κ1) is 34.1. The molecular formula is C32H18N8O10S4. The molecule has 9 rings (SSSR count). The van der Waals surface area contributed by atoms with E-state index in [2.05, 4.69) is 19.9 Å². The van der Waals surface area contributed by atoms with Crippen LogP contribution in [0.25, 0.3) is 89.7 Å². The Kier molecular flexibility index (Phi) is 7.50. The molecule has 18 nitrogen and oxygen atoms in total. The number of benzene rings is 4. The summed E-state index contributed by atoms with van der Waals surface area (Å²) in [6.07, 6.45) is 0. The smallest absolute Gasteiger partial charge is 0.294 e. The van der Waals surface area contributed by atoms with Crippen molar-refractivity contribution in [2.24, 2.45) is 0 Å². The molecule has 0 saturated heterocycles. The topological polar surface area (TPSA) is 292 Å². The third kappa shape index (κ3) is 5.59. The SMILES string of the molecule is O=S(O)c1ccc2c3nc4nc(nc5[nH]c(nc6nc(nc([nH]3)c2c1)-c1ccc(S(=O)(=O)O)cc1-6)c1ccc(S(=O)O)cc51)-c1ccc(S(=O)(=O)O)cc1-4. The number of fused-ring (bicyclic) bond motifs is 20. The first-order chi connectivity index (χ1) is 25.6. The molecule has 2 aliphatic rings. The van der Waals surface area contributed by atoms with Crippen LogP contribution in [0.15, 0.2) is 92.4 Å². The van der Waals surface area contributed by atoms with E-state index in [1.165, 1.54) is 60.7 Å². The molecule has 0 fully saturated rings. The van der Waals surface area contributed by atoms with Gasteiger partial charge in [-0.25, -0.2) is 38.3 Å². The number of hydrogen-bond acceptors (Lipinski definition) is 12. The van der Waals surface area contributed by atoms with Crippen LogP contribution in [0.1, 0.15) is 0 Å². The summed E-state index contributed by atoms with van der Waals surface area (Å²) < 4.78 is 112. The summed E-state index contributed by atoms with van der Waals surface area (Å²) in [5.41, 5.74) is 1.41. The van der Waals surface area contributed by atoms with Crippen LogP contribution in [0.2, 0.25) is 0 Å². The normalized spacial score (nSPS) is 13.9. The van der Waals surface area contributed by atoms with Gasteiger partial charge in [0.15, 0.2) is 45.5 Å². The van der Waals surface area contributed by atoms with Crippen LogP contribution in [0.4, 0.5) is 0 Å². The minimum absolute atomic E-state index is 0.0265. The number of nitrogens with one attached hydrogen (secondary N) is 2. The second-order valence-corrected chi connectivity index (χ2v) is 16.7. The summed E-state index contributed by atoms with van der Waals surface area (Å²) in [6, 6.07) is 16.1. The van der Waals surface area contributed by atoms with Crippen molar-refractivity contribution < 1.29 is 43.5 Å². The molecule has 4 aromatic carbocycles. The molecule has 0 saturated carbocycles. The molecule has 22 heteroatoms. The summed E-state index contributed by atoms with van der Waals surface area (Å²) in [5, 5.41) is 1.43. The van der Waals surface area contributed by atoms with Crippen molar-refractivity contribution in [3.05, 3.63) is 72.8 Å². The van der Waals surface area contributed by atoms with Gasteiger partial charge in [0.1, 0.15) is 22.6 Å². The summed E-state index contributed by atoms with van der Waals surface area (Å²) in [4.78, 5) is 33.4. The fourth-order valence-corrected chi connectivity index (χ4v) is 8.07. The number of nitrogens with zero attached hydrogens (tertiary/aromatic N) is 6. The standard InChI is InChI=1S/C32H18N8O10S4/c41-51(42)13-1-5-17-21(9-13)29-33-25(17)37-31-23-11-15(53(45,46)47)3-7-19(23)28(39-31)36-30-22-10-14(52(43)44)2-6-18(22)26(34-30)38-32-24-12-16(54(48,49)50)4-8-20(24)27(35-29)40-32/h1-12H,(H,41,42)(H,43,44)(H,45,46,47)(H,48,49,50)(H2,33,34,35,36,37,38,39,40). The molecule has 5 heterocycles. The van der Waals surface area contributed by atoms with Crippen LogP contribution in [-0.2, 0) is 42.4 Å². The number of rotatable bonds is 4. The lowest BCUT2D eigenvalue weighted by Gasteiger charge is -2.02. The van der Waals surface area contributed by atoms with Gasteiger partial charge in [-0.1, -0.05) is 0 Å². The molecule has 0 radical (unpaired) electrons. The first-order valence-corrected chi connectivity index (χ1v) is 20.3. The molecule has 54 heavy (non-hydrogen) atoms. The molecule has 270 valence electrons. The van der Waals surface area contributed by atoms with Crippen molar-refractivity contribution in [1.29, 1.82) is 0 Å². The molecule has 7 aromatic rings. The average molecular weight is 803 g/mol. The Morgan fingerprint density at radius 2 is 0.796 bits per heavy atom. The minimum atomic E-state index is -4.67. The minimum Gasteiger partial charge on any atom is -0.324 e. The molecule has 0 aliphatic carbocycles. The van der Waals surface area contributed by atoms with Crippen molar-refractivity contribution in [2.45, 2.75) is 19.6 Å². The van der Waals surface area contributed by atoms with Crippen molar-refractivity contribution >= 4 is 86.5 Å². The summed E-state index contributed by atoms with van der Waals surface area (Å²) in [7, 11) is -9.34. The lowest BCUT2D eigenvalue weighted by Crippen LogP contribution is -1.98. The van der Waals surface area contributed by atoms with E-state index < -0.39 is 52.2 Å². The lowest BCUT2D eigenvalue weighted by molar-refractivity contribution is 0.481. The van der Waals surface area contributed by atoms with Crippen molar-refractivity contribution in [3.8, 4) is 45.6 Å². The largest absolute Gasteiger partial charge is 0.324 e. The van der Waals surface area contributed by atoms with Gasteiger partial charge in [-0.2, -0.15) is 16.8 Å². The summed E-state index contributed by atoms with van der Waals surface area (Å²) in [5.74, 6) is -0.0290. The maximum atomic E-state index is 12.2. The predicted molar refractivity (Wildman–Crippen MR) is 194 cm³/mol. The molecule has 6 N–H and O–H groups in total. The van der Waals surface area contributed by atoms with Gasteiger partial charge in [0.2, 0.25) is 0 Å². The number of aromatic nitrogens is 8. The molecule has 0 spiro atoms. The van der Waals surface area contributed by atoms with E-state index in [-0.39, 0.29) is 66.8 Å². The zero-order valence-corrected chi connectivity index (χ0v) is 29.7. The highest BCUT2D eigenvalue weighted by atomic mass is 32.2. The highest BCUT2D eigenvalue weighted by molar-refractivity contribution is 7.86. The molecule has 2 aliphatic heterocycles. The predicted octanol–water partition coefficient (Wildman–Crippen LogP) is 4.52. The zero-order chi connectivity index (χ0) is 37.8. The first-order valence-electron chi connectivity index (χ1n) is 15.2. The third-order valence-electron chi connectivity index (χ3n) is 8.72. The van der Waals surface area contributed by atoms with Gasteiger partial charge in [0.05, 0.1) is 19.6 Å². The van der Waals surface area contributed by atoms with E-state index in [1.807, 2.05) is 0 Å². The Balaban J connectivity index is 1.49. The lowest BCUT2D eigenvalue weighted by atomic mass is 10.1. The highest BCUT2D eigenvalue weighted by Gasteiger charge is 2.26. The second-order valence-electron chi connectivity index (χ2n) is 11.9. The third-order valence-corrected chi connectivity index (χ3v) is 11.7. The van der Waals surface area contributed by atoms with Gasteiger partial charge >= 0.3 is 0 Å². The quantitative estimate of drug-likeness (QED) is 0.105. The number of hydrogen-bond donors (Lipinski definition) is 6. The second kappa shape index (κ2) is 11.9. The van der Waals surface area contributed by atoms with Crippen LogP contribution < -0.4 is 0 Å². The van der Waals surface area contributed by atoms with E-state index in [9.17, 15) is 43.5 Å². The fraction of sp³-hybridized carbons (Fsp3) is 0. The van der Waals surface area contributed by atoms with E-state index in [1.54, 1.807) is 0 Å². The Morgan fingerprint density at radius 1 is 0.444 bits per heavy atom. The zero-order valence-electron chi connectivity index (χ0n) is 26.5. The van der Waals surface area contributed by atoms with Gasteiger partial charge in [-0.3, -0.25) is 9.11 Å². The average Bonchev–Trinajstić information content (AvgIpc) is 3.85. The molecule has 0 amide bonds. The Labute approximate surface area is 306 Å². The summed E-state index contributed by atoms with van der Waals surface area (Å²) in [6.45, 7) is 0. The monoisotopic (exact) mass is 802 g/mol. The molecule has 2 unspecified atom stereocenters. The van der Waals surface area contributed by atoms with Crippen molar-refractivity contribution in [1.82, 2.24) is 39.9 Å².